The van der Waals surface area contributed by atoms with Gasteiger partial charge in [-0.05, 0) is 12.1 Å². The predicted molar refractivity (Wildman–Crippen MR) is 39.2 cm³/mol. The van der Waals surface area contributed by atoms with Gasteiger partial charge in [0.15, 0.2) is 11.5 Å². The lowest BCUT2D eigenvalue weighted by Crippen LogP contribution is -2.02. The van der Waals surface area contributed by atoms with Gasteiger partial charge in [-0.3, -0.25) is 0 Å². The second-order valence-corrected chi connectivity index (χ2v) is 2.07. The van der Waals surface area contributed by atoms with E-state index in [0.717, 1.165) is 0 Å². The molecule has 0 atom stereocenters. The van der Waals surface area contributed by atoms with E-state index in [9.17, 15) is 8.78 Å². The molecule has 0 heterocycles. The van der Waals surface area contributed by atoms with E-state index in [1.54, 1.807) is 0 Å². The lowest BCUT2D eigenvalue weighted by Gasteiger charge is -2.07. The molecule has 0 aliphatic rings. The number of alkyl halides is 2. The lowest BCUT2D eigenvalue weighted by atomic mass is 10.3. The number of hydrogen-bond donors (Lipinski definition) is 2. The highest BCUT2D eigenvalue weighted by Gasteiger charge is 2.09. The van der Waals surface area contributed by atoms with Gasteiger partial charge in [-0.25, -0.2) is 0 Å². The standard InChI is InChI=1S/C7H7F2NO2/c8-7(9)12-5-3-1-2-4(10)6(5)11/h1-3,7,11H,10H2. The van der Waals surface area contributed by atoms with Gasteiger partial charge in [0.25, 0.3) is 0 Å². The highest BCUT2D eigenvalue weighted by molar-refractivity contribution is 5.58. The molecule has 66 valence electrons. The highest BCUT2D eigenvalue weighted by atomic mass is 19.3. The van der Waals surface area contributed by atoms with Crippen molar-refractivity contribution >= 4 is 5.69 Å². The van der Waals surface area contributed by atoms with E-state index in [1.165, 1.54) is 18.2 Å². The van der Waals surface area contributed by atoms with E-state index >= 15 is 0 Å². The fourth-order valence-electron chi connectivity index (χ4n) is 0.730. The largest absolute Gasteiger partial charge is 0.503 e. The Morgan fingerprint density at radius 1 is 1.42 bits per heavy atom. The summed E-state index contributed by atoms with van der Waals surface area (Å²) in [6, 6.07) is 4.00. The maximum atomic E-state index is 11.7. The normalized spacial score (nSPS) is 10.2. The van der Waals surface area contributed by atoms with Crippen LogP contribution in [0.4, 0.5) is 14.5 Å². The quantitative estimate of drug-likeness (QED) is 0.530. The monoisotopic (exact) mass is 175 g/mol. The van der Waals surface area contributed by atoms with Crippen LogP contribution in [0.15, 0.2) is 18.2 Å². The van der Waals surface area contributed by atoms with Gasteiger partial charge in [0.2, 0.25) is 0 Å². The first-order valence-electron chi connectivity index (χ1n) is 3.13. The van der Waals surface area contributed by atoms with Crippen molar-refractivity contribution in [1.82, 2.24) is 0 Å². The van der Waals surface area contributed by atoms with Crippen LogP contribution >= 0.6 is 0 Å². The number of anilines is 1. The van der Waals surface area contributed by atoms with Gasteiger partial charge in [0, 0.05) is 0 Å². The molecule has 0 aliphatic heterocycles. The molecule has 0 aliphatic carbocycles. The molecule has 1 aromatic carbocycles. The van der Waals surface area contributed by atoms with Crippen LogP contribution in [0.5, 0.6) is 11.5 Å². The molecular weight excluding hydrogens is 168 g/mol. The first-order chi connectivity index (χ1) is 5.61. The Morgan fingerprint density at radius 2 is 2.08 bits per heavy atom. The van der Waals surface area contributed by atoms with Crippen molar-refractivity contribution in [2.75, 3.05) is 5.73 Å². The first-order valence-corrected chi connectivity index (χ1v) is 3.13. The molecule has 3 nitrogen and oxygen atoms in total. The fraction of sp³-hybridized carbons (Fsp3) is 0.143. The molecule has 1 aromatic rings. The molecule has 12 heavy (non-hydrogen) atoms. The molecule has 0 aromatic heterocycles. The number of ether oxygens (including phenoxy) is 1. The maximum Gasteiger partial charge on any atom is 0.387 e. The first kappa shape index (κ1) is 8.58. The van der Waals surface area contributed by atoms with E-state index in [2.05, 4.69) is 4.74 Å². The van der Waals surface area contributed by atoms with Gasteiger partial charge in [0.1, 0.15) is 0 Å². The minimum atomic E-state index is -2.96. The number of nitrogens with two attached hydrogens (primary N) is 1. The number of nitrogen functional groups attached to an aromatic ring is 1. The van der Waals surface area contributed by atoms with Gasteiger partial charge in [-0.2, -0.15) is 8.78 Å². The van der Waals surface area contributed by atoms with E-state index < -0.39 is 12.4 Å². The van der Waals surface area contributed by atoms with Gasteiger partial charge < -0.3 is 15.6 Å². The van der Waals surface area contributed by atoms with Crippen molar-refractivity contribution in [1.29, 1.82) is 0 Å². The van der Waals surface area contributed by atoms with Crippen LogP contribution in [0, 0.1) is 0 Å². The smallest absolute Gasteiger partial charge is 0.387 e. The summed E-state index contributed by atoms with van der Waals surface area (Å²) in [5, 5.41) is 9.06. The van der Waals surface area contributed by atoms with Crippen LogP contribution in [0.2, 0.25) is 0 Å². The minimum absolute atomic E-state index is 0.00755. The number of aromatic hydroxyl groups is 1. The van der Waals surface area contributed by atoms with Crippen LogP contribution < -0.4 is 10.5 Å². The fourth-order valence-corrected chi connectivity index (χ4v) is 0.730. The summed E-state index contributed by atoms with van der Waals surface area (Å²) >= 11 is 0. The number of hydrogen-bond acceptors (Lipinski definition) is 3. The van der Waals surface area contributed by atoms with Gasteiger partial charge in [0.05, 0.1) is 5.69 Å². The van der Waals surface area contributed by atoms with Gasteiger partial charge >= 0.3 is 6.61 Å². The number of phenols is 1. The van der Waals surface area contributed by atoms with E-state index in [4.69, 9.17) is 10.8 Å². The summed E-state index contributed by atoms with van der Waals surface area (Å²) in [7, 11) is 0. The third-order valence-corrected chi connectivity index (χ3v) is 1.25. The molecule has 0 amide bonds. The van der Waals surface area contributed by atoms with Crippen molar-refractivity contribution in [2.45, 2.75) is 6.61 Å². The zero-order chi connectivity index (χ0) is 9.14. The number of rotatable bonds is 2. The second kappa shape index (κ2) is 3.25. The van der Waals surface area contributed by atoms with Gasteiger partial charge in [-0.1, -0.05) is 6.07 Å². The number of benzene rings is 1. The van der Waals surface area contributed by atoms with E-state index in [1.807, 2.05) is 0 Å². The lowest BCUT2D eigenvalue weighted by molar-refractivity contribution is -0.0511. The van der Waals surface area contributed by atoms with Crippen molar-refractivity contribution in [3.05, 3.63) is 18.2 Å². The summed E-state index contributed by atoms with van der Waals surface area (Å²) in [4.78, 5) is 0. The van der Waals surface area contributed by atoms with Crippen LogP contribution in [0.3, 0.4) is 0 Å². The summed E-state index contributed by atoms with van der Waals surface area (Å²) in [5.41, 5.74) is 5.23. The third kappa shape index (κ3) is 1.75. The minimum Gasteiger partial charge on any atom is -0.503 e. The average molecular weight is 175 g/mol. The van der Waals surface area contributed by atoms with Crippen molar-refractivity contribution < 1.29 is 18.6 Å². The van der Waals surface area contributed by atoms with Crippen LogP contribution in [-0.4, -0.2) is 11.7 Å². The Morgan fingerprint density at radius 3 is 2.67 bits per heavy atom. The second-order valence-electron chi connectivity index (χ2n) is 2.07. The Hall–Kier alpha value is -1.52. The summed E-state index contributed by atoms with van der Waals surface area (Å²) in [6.07, 6.45) is 0. The SMILES string of the molecule is Nc1cccc(OC(F)F)c1O. The van der Waals surface area contributed by atoms with Crippen molar-refractivity contribution in [3.8, 4) is 11.5 Å². The molecule has 0 radical (unpaired) electrons. The molecule has 0 saturated heterocycles. The number of para-hydroxylation sites is 1. The molecule has 0 saturated carbocycles. The number of halogens is 2. The average Bonchev–Trinajstić information content (AvgIpc) is 1.98. The van der Waals surface area contributed by atoms with Crippen molar-refractivity contribution in [3.63, 3.8) is 0 Å². The van der Waals surface area contributed by atoms with Crippen molar-refractivity contribution in [2.24, 2.45) is 0 Å². The Kier molecular flexibility index (Phi) is 2.32. The summed E-state index contributed by atoms with van der Waals surface area (Å²) in [6.45, 7) is -2.96. The molecule has 0 unspecified atom stereocenters. The molecule has 5 heteroatoms. The number of phenolic OH excluding ortho intramolecular Hbond substituents is 1. The maximum absolute atomic E-state index is 11.7. The molecule has 0 spiro atoms. The molecule has 1 rings (SSSR count). The zero-order valence-electron chi connectivity index (χ0n) is 6.00. The Bertz CT molecular complexity index is 278. The van der Waals surface area contributed by atoms with Crippen LogP contribution in [-0.2, 0) is 0 Å². The summed E-state index contributed by atoms with van der Waals surface area (Å²) < 4.78 is 27.3. The Balaban J connectivity index is 2.92. The highest BCUT2D eigenvalue weighted by Crippen LogP contribution is 2.32. The predicted octanol–water partition coefficient (Wildman–Crippen LogP) is 1.58. The van der Waals surface area contributed by atoms with Crippen LogP contribution in [0.25, 0.3) is 0 Å². The molecule has 0 fully saturated rings. The summed E-state index contributed by atoms with van der Waals surface area (Å²) in [5.74, 6) is -0.775. The third-order valence-electron chi connectivity index (χ3n) is 1.25. The molecular formula is C7H7F2NO2. The zero-order valence-corrected chi connectivity index (χ0v) is 6.00. The molecule has 3 N–H and O–H groups in total. The molecule has 0 bridgehead atoms. The van der Waals surface area contributed by atoms with E-state index in [-0.39, 0.29) is 11.4 Å². The van der Waals surface area contributed by atoms with Gasteiger partial charge in [-0.15, -0.1) is 0 Å². The topological polar surface area (TPSA) is 55.5 Å². The van der Waals surface area contributed by atoms with E-state index in [0.29, 0.717) is 0 Å². The van der Waals surface area contributed by atoms with Crippen LogP contribution in [0.1, 0.15) is 0 Å². The Labute approximate surface area is 67.4 Å².